The molecule has 0 saturated heterocycles. The van der Waals surface area contributed by atoms with Gasteiger partial charge in [-0.25, -0.2) is 0 Å². The molecule has 0 aliphatic carbocycles. The number of hydrogen-bond donors (Lipinski definition) is 1. The quantitative estimate of drug-likeness (QED) is 0.637. The monoisotopic (exact) mass is 277 g/mol. The number of benzene rings is 1. The number of nitro benzene ring substituents is 1. The number of ether oxygens (including phenoxy) is 1. The van der Waals surface area contributed by atoms with Gasteiger partial charge in [-0.1, -0.05) is 12.1 Å². The lowest BCUT2D eigenvalue weighted by Gasteiger charge is -2.25. The van der Waals surface area contributed by atoms with Crippen LogP contribution in [-0.4, -0.2) is 23.1 Å². The third-order valence-electron chi connectivity index (χ3n) is 2.75. The molecule has 20 heavy (non-hydrogen) atoms. The van der Waals surface area contributed by atoms with Gasteiger partial charge in [-0.3, -0.25) is 15.4 Å². The van der Waals surface area contributed by atoms with E-state index in [1.54, 1.807) is 26.0 Å². The topological polar surface area (TPSA) is 88.2 Å². The molecule has 0 saturated carbocycles. The third-order valence-corrected chi connectivity index (χ3v) is 2.75. The van der Waals surface area contributed by atoms with Crippen LogP contribution in [0, 0.1) is 28.4 Å². The second-order valence-corrected chi connectivity index (χ2v) is 5.21. The Morgan fingerprint density at radius 3 is 2.70 bits per heavy atom. The average molecular weight is 277 g/mol. The smallest absolute Gasteiger partial charge is 0.313 e. The molecular weight excluding hydrogens is 258 g/mol. The molecule has 0 bridgehead atoms. The molecular formula is C14H19N3O3. The van der Waals surface area contributed by atoms with E-state index in [-0.39, 0.29) is 24.1 Å². The Kier molecular flexibility index (Phi) is 5.06. The van der Waals surface area contributed by atoms with Crippen molar-refractivity contribution in [2.75, 3.05) is 6.61 Å². The summed E-state index contributed by atoms with van der Waals surface area (Å²) in [5, 5.41) is 23.4. The summed E-state index contributed by atoms with van der Waals surface area (Å²) in [6.45, 7) is 7.23. The number of aryl methyl sites for hydroxylation is 1. The highest BCUT2D eigenvalue weighted by atomic mass is 16.6. The summed E-state index contributed by atoms with van der Waals surface area (Å²) in [5.74, 6) is 0.182. The predicted octanol–water partition coefficient (Wildman–Crippen LogP) is 2.56. The van der Waals surface area contributed by atoms with E-state index in [0.717, 1.165) is 0 Å². The molecule has 108 valence electrons. The van der Waals surface area contributed by atoms with E-state index in [1.165, 1.54) is 6.07 Å². The summed E-state index contributed by atoms with van der Waals surface area (Å²) in [6.07, 6.45) is 0. The summed E-state index contributed by atoms with van der Waals surface area (Å²) in [6, 6.07) is 7.13. The van der Waals surface area contributed by atoms with Gasteiger partial charge in [0.2, 0.25) is 0 Å². The van der Waals surface area contributed by atoms with Gasteiger partial charge in [-0.2, -0.15) is 5.26 Å². The molecule has 1 aromatic carbocycles. The highest BCUT2D eigenvalue weighted by Crippen LogP contribution is 2.30. The molecule has 1 aromatic rings. The normalized spacial score (nSPS) is 13.6. The number of hydrogen-bond acceptors (Lipinski definition) is 5. The molecule has 0 fully saturated rings. The maximum atomic E-state index is 11.1. The predicted molar refractivity (Wildman–Crippen MR) is 75.6 cm³/mol. The molecule has 0 aliphatic heterocycles. The van der Waals surface area contributed by atoms with Crippen LogP contribution in [0.15, 0.2) is 18.2 Å². The SMILES string of the molecule is Cc1cccc(OCC(C)(C#N)NC(C)C)c1[N+](=O)[O-]. The van der Waals surface area contributed by atoms with Crippen molar-refractivity contribution >= 4 is 5.69 Å². The second-order valence-electron chi connectivity index (χ2n) is 5.21. The largest absolute Gasteiger partial charge is 0.484 e. The molecule has 1 N–H and O–H groups in total. The van der Waals surface area contributed by atoms with E-state index < -0.39 is 10.5 Å². The molecule has 6 heteroatoms. The van der Waals surface area contributed by atoms with Gasteiger partial charge in [0.15, 0.2) is 5.75 Å². The van der Waals surface area contributed by atoms with Gasteiger partial charge in [0.25, 0.3) is 0 Å². The minimum Gasteiger partial charge on any atom is -0.484 e. The second kappa shape index (κ2) is 6.35. The lowest BCUT2D eigenvalue weighted by atomic mass is 10.1. The Labute approximate surface area is 118 Å². The Morgan fingerprint density at radius 1 is 1.55 bits per heavy atom. The van der Waals surface area contributed by atoms with Crippen LogP contribution in [-0.2, 0) is 0 Å². The Balaban J connectivity index is 2.93. The van der Waals surface area contributed by atoms with Gasteiger partial charge in [-0.05, 0) is 33.8 Å². The first kappa shape index (κ1) is 15.9. The first-order valence-electron chi connectivity index (χ1n) is 6.35. The first-order valence-corrected chi connectivity index (χ1v) is 6.35. The van der Waals surface area contributed by atoms with Crippen LogP contribution in [0.5, 0.6) is 5.75 Å². The molecule has 0 amide bonds. The Bertz CT molecular complexity index is 537. The van der Waals surface area contributed by atoms with Crippen LogP contribution < -0.4 is 10.1 Å². The number of para-hydroxylation sites is 1. The van der Waals surface area contributed by atoms with Crippen LogP contribution in [0.2, 0.25) is 0 Å². The standard InChI is InChI=1S/C14H19N3O3/c1-10(2)16-14(4,8-15)9-20-12-7-5-6-11(3)13(12)17(18)19/h5-7,10,16H,9H2,1-4H3. The molecule has 0 radical (unpaired) electrons. The number of nitrogens with zero attached hydrogens (tertiary/aromatic N) is 2. The summed E-state index contributed by atoms with van der Waals surface area (Å²) in [5.41, 5.74) is -0.425. The van der Waals surface area contributed by atoms with Crippen molar-refractivity contribution in [1.82, 2.24) is 5.32 Å². The maximum absolute atomic E-state index is 11.1. The van der Waals surface area contributed by atoms with Gasteiger partial charge in [0, 0.05) is 11.6 Å². The molecule has 0 aliphatic rings. The highest BCUT2D eigenvalue weighted by Gasteiger charge is 2.27. The molecule has 6 nitrogen and oxygen atoms in total. The van der Waals surface area contributed by atoms with E-state index in [0.29, 0.717) is 5.56 Å². The van der Waals surface area contributed by atoms with Gasteiger partial charge >= 0.3 is 5.69 Å². The summed E-state index contributed by atoms with van der Waals surface area (Å²) in [7, 11) is 0. The summed E-state index contributed by atoms with van der Waals surface area (Å²) in [4.78, 5) is 10.6. The molecule has 1 rings (SSSR count). The Morgan fingerprint density at radius 2 is 2.20 bits per heavy atom. The van der Waals surface area contributed by atoms with Gasteiger partial charge in [0.05, 0.1) is 11.0 Å². The maximum Gasteiger partial charge on any atom is 0.313 e. The van der Waals surface area contributed by atoms with Crippen LogP contribution in [0.4, 0.5) is 5.69 Å². The Hall–Kier alpha value is -2.13. The lowest BCUT2D eigenvalue weighted by molar-refractivity contribution is -0.386. The van der Waals surface area contributed by atoms with E-state index in [4.69, 9.17) is 4.74 Å². The fourth-order valence-electron chi connectivity index (χ4n) is 1.95. The van der Waals surface area contributed by atoms with Crippen molar-refractivity contribution < 1.29 is 9.66 Å². The summed E-state index contributed by atoms with van der Waals surface area (Å²) >= 11 is 0. The zero-order chi connectivity index (χ0) is 15.3. The number of nitriles is 1. The number of nitro groups is 1. The molecule has 1 unspecified atom stereocenters. The zero-order valence-corrected chi connectivity index (χ0v) is 12.1. The van der Waals surface area contributed by atoms with Crippen LogP contribution >= 0.6 is 0 Å². The molecule has 0 spiro atoms. The average Bonchev–Trinajstić information content (AvgIpc) is 2.35. The third kappa shape index (κ3) is 3.93. The fraction of sp³-hybridized carbons (Fsp3) is 0.500. The van der Waals surface area contributed by atoms with Crippen LogP contribution in [0.3, 0.4) is 0 Å². The van der Waals surface area contributed by atoms with Crippen LogP contribution in [0.25, 0.3) is 0 Å². The van der Waals surface area contributed by atoms with Crippen molar-refractivity contribution in [3.8, 4) is 11.8 Å². The summed E-state index contributed by atoms with van der Waals surface area (Å²) < 4.78 is 5.51. The highest BCUT2D eigenvalue weighted by molar-refractivity contribution is 5.52. The molecule has 1 atom stereocenters. The van der Waals surface area contributed by atoms with E-state index >= 15 is 0 Å². The van der Waals surface area contributed by atoms with Crippen molar-refractivity contribution in [3.05, 3.63) is 33.9 Å². The minimum atomic E-state index is -0.897. The van der Waals surface area contributed by atoms with E-state index in [1.807, 2.05) is 13.8 Å². The number of rotatable bonds is 6. The minimum absolute atomic E-state index is 0.0337. The lowest BCUT2D eigenvalue weighted by Crippen LogP contribution is -2.49. The van der Waals surface area contributed by atoms with Gasteiger partial charge < -0.3 is 4.74 Å². The van der Waals surface area contributed by atoms with Crippen molar-refractivity contribution in [2.24, 2.45) is 0 Å². The van der Waals surface area contributed by atoms with Crippen LogP contribution in [0.1, 0.15) is 26.3 Å². The fourth-order valence-corrected chi connectivity index (χ4v) is 1.95. The first-order chi connectivity index (χ1) is 9.29. The van der Waals surface area contributed by atoms with Gasteiger partial charge in [0.1, 0.15) is 12.1 Å². The van der Waals surface area contributed by atoms with E-state index in [2.05, 4.69) is 11.4 Å². The van der Waals surface area contributed by atoms with Crippen molar-refractivity contribution in [3.63, 3.8) is 0 Å². The van der Waals surface area contributed by atoms with Crippen molar-refractivity contribution in [1.29, 1.82) is 5.26 Å². The van der Waals surface area contributed by atoms with E-state index in [9.17, 15) is 15.4 Å². The molecule has 0 heterocycles. The van der Waals surface area contributed by atoms with Crippen molar-refractivity contribution in [2.45, 2.75) is 39.3 Å². The van der Waals surface area contributed by atoms with Gasteiger partial charge in [-0.15, -0.1) is 0 Å². The zero-order valence-electron chi connectivity index (χ0n) is 12.1. The molecule has 0 aromatic heterocycles. The number of nitrogens with one attached hydrogen (secondary N) is 1.